The molecule has 0 radical (unpaired) electrons. The maximum Gasteiger partial charge on any atom is 0.226 e. The Morgan fingerprint density at radius 2 is 1.88 bits per heavy atom. The van der Waals surface area contributed by atoms with Crippen molar-refractivity contribution in [1.82, 2.24) is 14.8 Å². The molecule has 6 nitrogen and oxygen atoms in total. The van der Waals surface area contributed by atoms with Gasteiger partial charge in [0.1, 0.15) is 6.04 Å². The van der Waals surface area contributed by atoms with Gasteiger partial charge in [-0.1, -0.05) is 49.2 Å². The van der Waals surface area contributed by atoms with Crippen molar-refractivity contribution in [3.8, 4) is 17.5 Å². The van der Waals surface area contributed by atoms with Gasteiger partial charge in [0.05, 0.1) is 21.7 Å². The minimum absolute atomic E-state index is 0.0929. The molecule has 2 aliphatic rings. The third kappa shape index (κ3) is 3.48. The number of fused-ring (bicyclic) bond motifs is 1. The monoisotopic (exact) mass is 463 g/mol. The summed E-state index contributed by atoms with van der Waals surface area (Å²) in [6.45, 7) is 4.18. The van der Waals surface area contributed by atoms with Crippen LogP contribution in [0, 0.1) is 16.7 Å². The number of nitrogens with zero attached hydrogens (tertiary/aromatic N) is 4. The number of halogens is 2. The lowest BCUT2D eigenvalue weighted by atomic mass is 9.73. The number of carbonyl (C=O) groups excluding carboxylic acids is 1. The molecule has 160 valence electrons. The fourth-order valence-electron chi connectivity index (χ4n) is 4.41. The smallest absolute Gasteiger partial charge is 0.226 e. The molecule has 5 rings (SSSR count). The molecular formula is C24H19Cl2N5O. The van der Waals surface area contributed by atoms with Crippen LogP contribution in [0.1, 0.15) is 43.9 Å². The molecule has 8 heteroatoms. The summed E-state index contributed by atoms with van der Waals surface area (Å²) in [4.78, 5) is 18.0. The summed E-state index contributed by atoms with van der Waals surface area (Å²) in [6, 6.07) is 14.2. The number of allylic oxidation sites excluding steroid dienone is 2. The Hall–Kier alpha value is -3.14. The molecule has 2 aromatic carbocycles. The molecule has 1 unspecified atom stereocenters. The summed E-state index contributed by atoms with van der Waals surface area (Å²) in [5.74, 6) is 1.14. The van der Waals surface area contributed by atoms with Gasteiger partial charge in [0.2, 0.25) is 5.95 Å². The van der Waals surface area contributed by atoms with E-state index in [4.69, 9.17) is 33.3 Å². The second kappa shape index (κ2) is 7.47. The van der Waals surface area contributed by atoms with E-state index in [2.05, 4.69) is 25.2 Å². The third-order valence-electron chi connectivity index (χ3n) is 5.87. The van der Waals surface area contributed by atoms with E-state index < -0.39 is 6.04 Å². The number of nitriles is 1. The highest BCUT2D eigenvalue weighted by Crippen LogP contribution is 2.45. The van der Waals surface area contributed by atoms with Crippen LogP contribution in [-0.2, 0) is 4.79 Å². The van der Waals surface area contributed by atoms with Gasteiger partial charge in [0, 0.05) is 23.3 Å². The average Bonchev–Trinajstić information content (AvgIpc) is 3.17. The summed E-state index contributed by atoms with van der Waals surface area (Å²) < 4.78 is 1.74. The molecule has 0 fully saturated rings. The van der Waals surface area contributed by atoms with Crippen LogP contribution in [0.4, 0.5) is 5.95 Å². The molecule has 0 saturated heterocycles. The van der Waals surface area contributed by atoms with Gasteiger partial charge >= 0.3 is 0 Å². The number of hydrogen-bond donors (Lipinski definition) is 1. The number of anilines is 1. The van der Waals surface area contributed by atoms with Gasteiger partial charge in [0.15, 0.2) is 11.6 Å². The second-order valence-electron chi connectivity index (χ2n) is 8.93. The van der Waals surface area contributed by atoms with Crippen LogP contribution in [0.25, 0.3) is 11.4 Å². The number of aromatic nitrogens is 3. The summed E-state index contributed by atoms with van der Waals surface area (Å²) in [5.41, 5.74) is 3.59. The second-order valence-corrected chi connectivity index (χ2v) is 9.74. The number of ketones is 1. The Balaban J connectivity index is 1.67. The highest BCUT2D eigenvalue weighted by atomic mass is 35.5. The van der Waals surface area contributed by atoms with Crippen molar-refractivity contribution in [3.63, 3.8) is 0 Å². The Morgan fingerprint density at radius 1 is 1.12 bits per heavy atom. The van der Waals surface area contributed by atoms with Crippen LogP contribution in [0.2, 0.25) is 10.0 Å². The highest BCUT2D eigenvalue weighted by Gasteiger charge is 2.41. The van der Waals surface area contributed by atoms with Gasteiger partial charge in [-0.3, -0.25) is 4.79 Å². The van der Waals surface area contributed by atoms with E-state index in [1.54, 1.807) is 28.9 Å². The first-order valence-corrected chi connectivity index (χ1v) is 11.0. The molecule has 1 aliphatic heterocycles. The molecule has 32 heavy (non-hydrogen) atoms. The SMILES string of the molecule is CC1(C)CC(=O)C2=C(C1)Nc1nc(-c3ccc(Cl)c(Cl)c3)nn1C2c1ccc(C#N)cc1. The number of hydrogen-bond acceptors (Lipinski definition) is 5. The molecule has 0 amide bonds. The largest absolute Gasteiger partial charge is 0.328 e. The van der Waals surface area contributed by atoms with Crippen LogP contribution in [0.15, 0.2) is 53.7 Å². The Morgan fingerprint density at radius 3 is 2.56 bits per heavy atom. The number of carbonyl (C=O) groups is 1. The number of benzene rings is 2. The fraction of sp³-hybridized carbons (Fsp3) is 0.250. The third-order valence-corrected chi connectivity index (χ3v) is 6.60. The predicted molar refractivity (Wildman–Crippen MR) is 123 cm³/mol. The van der Waals surface area contributed by atoms with E-state index in [1.165, 1.54) is 0 Å². The van der Waals surface area contributed by atoms with Crippen molar-refractivity contribution in [2.24, 2.45) is 5.41 Å². The summed E-state index contributed by atoms with van der Waals surface area (Å²) in [6.07, 6.45) is 1.19. The molecule has 1 aromatic heterocycles. The molecule has 0 bridgehead atoms. The summed E-state index contributed by atoms with van der Waals surface area (Å²) in [7, 11) is 0. The van der Waals surface area contributed by atoms with Crippen molar-refractivity contribution >= 4 is 34.9 Å². The van der Waals surface area contributed by atoms with Crippen LogP contribution in [0.3, 0.4) is 0 Å². The quantitative estimate of drug-likeness (QED) is 0.520. The molecule has 3 aromatic rings. The minimum Gasteiger partial charge on any atom is -0.328 e. The number of Topliss-reactive ketones (excluding diaryl/α,β-unsaturated/α-hetero) is 1. The van der Waals surface area contributed by atoms with Crippen LogP contribution >= 0.6 is 23.2 Å². The van der Waals surface area contributed by atoms with E-state index >= 15 is 0 Å². The molecule has 1 N–H and O–H groups in total. The predicted octanol–water partition coefficient (Wildman–Crippen LogP) is 5.78. The fourth-order valence-corrected chi connectivity index (χ4v) is 4.71. The lowest BCUT2D eigenvalue weighted by Gasteiger charge is -2.38. The first kappa shape index (κ1) is 20.7. The van der Waals surface area contributed by atoms with E-state index in [9.17, 15) is 10.1 Å². The molecule has 0 saturated carbocycles. The zero-order chi connectivity index (χ0) is 22.6. The van der Waals surface area contributed by atoms with Gasteiger partial charge in [-0.25, -0.2) is 4.68 Å². The van der Waals surface area contributed by atoms with Gasteiger partial charge in [-0.2, -0.15) is 10.2 Å². The highest BCUT2D eigenvalue weighted by molar-refractivity contribution is 6.42. The first-order valence-electron chi connectivity index (χ1n) is 10.2. The van der Waals surface area contributed by atoms with E-state index in [0.29, 0.717) is 39.4 Å². The molecule has 1 atom stereocenters. The summed E-state index contributed by atoms with van der Waals surface area (Å²) >= 11 is 12.3. The summed E-state index contributed by atoms with van der Waals surface area (Å²) in [5, 5.41) is 18.2. The van der Waals surface area contributed by atoms with Crippen molar-refractivity contribution in [1.29, 1.82) is 5.26 Å². The Bertz CT molecular complexity index is 1330. The van der Waals surface area contributed by atoms with Crippen molar-refractivity contribution in [2.75, 3.05) is 5.32 Å². The van der Waals surface area contributed by atoms with Crippen LogP contribution in [0.5, 0.6) is 0 Å². The van der Waals surface area contributed by atoms with Crippen molar-refractivity contribution in [2.45, 2.75) is 32.7 Å². The van der Waals surface area contributed by atoms with Gasteiger partial charge < -0.3 is 5.32 Å². The lowest BCUT2D eigenvalue weighted by Crippen LogP contribution is -2.36. The maximum absolute atomic E-state index is 13.3. The van der Waals surface area contributed by atoms with E-state index in [0.717, 1.165) is 23.2 Å². The molecule has 0 spiro atoms. The molecular weight excluding hydrogens is 445 g/mol. The zero-order valence-electron chi connectivity index (χ0n) is 17.5. The maximum atomic E-state index is 13.3. The minimum atomic E-state index is -0.429. The van der Waals surface area contributed by atoms with Gasteiger partial charge in [0.25, 0.3) is 0 Å². The lowest BCUT2D eigenvalue weighted by molar-refractivity contribution is -0.118. The molecule has 1 aliphatic carbocycles. The van der Waals surface area contributed by atoms with Gasteiger partial charge in [-0.05, 0) is 47.7 Å². The standard InChI is InChI=1S/C24H19Cl2N5O/c1-24(2)10-18-20(19(32)11-24)21(14-5-3-13(12-27)4-6-14)31-23(28-18)29-22(30-31)15-7-8-16(25)17(26)9-15/h3-9,21H,10-11H2,1-2H3,(H,28,29,30). The normalized spacial score (nSPS) is 19.1. The topological polar surface area (TPSA) is 83.6 Å². The average molecular weight is 464 g/mol. The van der Waals surface area contributed by atoms with Crippen LogP contribution < -0.4 is 5.32 Å². The van der Waals surface area contributed by atoms with Crippen molar-refractivity contribution < 1.29 is 4.79 Å². The van der Waals surface area contributed by atoms with Gasteiger partial charge in [-0.15, -0.1) is 5.10 Å². The Labute approximate surface area is 195 Å². The zero-order valence-corrected chi connectivity index (χ0v) is 19.0. The van der Waals surface area contributed by atoms with Crippen LogP contribution in [-0.4, -0.2) is 20.5 Å². The first-order chi connectivity index (χ1) is 15.3. The van der Waals surface area contributed by atoms with Crippen molar-refractivity contribution in [3.05, 3.63) is 74.9 Å². The number of nitrogens with one attached hydrogen (secondary N) is 1. The molecule has 2 heterocycles. The Kier molecular flexibility index (Phi) is 4.85. The van der Waals surface area contributed by atoms with E-state index in [-0.39, 0.29) is 11.2 Å². The van der Waals surface area contributed by atoms with E-state index in [1.807, 2.05) is 18.2 Å². The number of rotatable bonds is 2.